The first-order valence-corrected chi connectivity index (χ1v) is 7.36. The molecule has 1 aliphatic heterocycles. The van der Waals surface area contributed by atoms with E-state index in [4.69, 9.17) is 0 Å². The highest BCUT2D eigenvalue weighted by atomic mass is 16.3. The Morgan fingerprint density at radius 2 is 1.82 bits per heavy atom. The van der Waals surface area contributed by atoms with E-state index < -0.39 is 0 Å². The minimum Gasteiger partial charge on any atom is -0.396 e. The fraction of sp³-hybridized carbons (Fsp3) is 1.00. The van der Waals surface area contributed by atoms with Gasteiger partial charge in [-0.15, -0.1) is 0 Å². The molecule has 0 bridgehead atoms. The molecule has 2 aliphatic rings. The Morgan fingerprint density at radius 3 is 2.53 bits per heavy atom. The summed E-state index contributed by atoms with van der Waals surface area (Å²) in [4.78, 5) is 5.15. The second kappa shape index (κ2) is 6.72. The van der Waals surface area contributed by atoms with E-state index in [0.29, 0.717) is 12.6 Å². The Labute approximate surface area is 106 Å². The lowest BCUT2D eigenvalue weighted by atomic mass is 9.92. The minimum absolute atomic E-state index is 0.335. The lowest BCUT2D eigenvalue weighted by Crippen LogP contribution is -2.47. The van der Waals surface area contributed by atoms with Crippen LogP contribution in [0.2, 0.25) is 0 Å². The number of aliphatic hydroxyl groups excluding tert-OH is 1. The third-order valence-corrected chi connectivity index (χ3v) is 4.45. The molecule has 1 aliphatic carbocycles. The summed E-state index contributed by atoms with van der Waals surface area (Å²) in [5.41, 5.74) is 0. The summed E-state index contributed by atoms with van der Waals surface area (Å²) in [6.45, 7) is 3.92. The number of hydrogen-bond acceptors (Lipinski definition) is 3. The molecule has 0 amide bonds. The van der Waals surface area contributed by atoms with E-state index in [1.54, 1.807) is 0 Å². The Morgan fingerprint density at radius 1 is 1.06 bits per heavy atom. The van der Waals surface area contributed by atoms with Crippen molar-refractivity contribution in [1.29, 1.82) is 0 Å². The molecule has 0 spiro atoms. The maximum absolute atomic E-state index is 9.27. The number of nitrogens with zero attached hydrogens (tertiary/aromatic N) is 2. The third-order valence-electron chi connectivity index (χ3n) is 4.45. The van der Waals surface area contributed by atoms with Crippen LogP contribution in [0.25, 0.3) is 0 Å². The van der Waals surface area contributed by atoms with Crippen LogP contribution in [-0.4, -0.2) is 60.3 Å². The van der Waals surface area contributed by atoms with Gasteiger partial charge in [0.05, 0.1) is 0 Å². The van der Waals surface area contributed by atoms with Crippen LogP contribution in [0.3, 0.4) is 0 Å². The molecule has 1 saturated heterocycles. The van der Waals surface area contributed by atoms with Gasteiger partial charge in [0.25, 0.3) is 0 Å². The highest BCUT2D eigenvalue weighted by Gasteiger charge is 2.29. The lowest BCUT2D eigenvalue weighted by Gasteiger charge is -2.39. The fourth-order valence-electron chi connectivity index (χ4n) is 3.56. The van der Waals surface area contributed by atoms with Gasteiger partial charge in [-0.2, -0.15) is 0 Å². The lowest BCUT2D eigenvalue weighted by molar-refractivity contribution is 0.0858. The van der Waals surface area contributed by atoms with Gasteiger partial charge in [0.2, 0.25) is 0 Å². The van der Waals surface area contributed by atoms with E-state index in [2.05, 4.69) is 16.8 Å². The maximum Gasteiger partial charge on any atom is 0.0446 e. The zero-order valence-electron chi connectivity index (χ0n) is 11.3. The van der Waals surface area contributed by atoms with Crippen LogP contribution in [-0.2, 0) is 0 Å². The maximum atomic E-state index is 9.27. The van der Waals surface area contributed by atoms with Crippen molar-refractivity contribution in [2.24, 2.45) is 0 Å². The van der Waals surface area contributed by atoms with Gasteiger partial charge in [0.15, 0.2) is 0 Å². The van der Waals surface area contributed by atoms with Gasteiger partial charge in [-0.1, -0.05) is 19.3 Å². The predicted molar refractivity (Wildman–Crippen MR) is 71.2 cm³/mol. The monoisotopic (exact) mass is 240 g/mol. The molecule has 0 aromatic carbocycles. The summed E-state index contributed by atoms with van der Waals surface area (Å²) in [7, 11) is 2.22. The molecule has 17 heavy (non-hydrogen) atoms. The molecule has 3 nitrogen and oxygen atoms in total. The number of aliphatic hydroxyl groups is 1. The third kappa shape index (κ3) is 3.67. The van der Waals surface area contributed by atoms with E-state index in [1.165, 1.54) is 51.6 Å². The van der Waals surface area contributed by atoms with Crippen LogP contribution in [0.5, 0.6) is 0 Å². The highest BCUT2D eigenvalue weighted by Crippen LogP contribution is 2.26. The van der Waals surface area contributed by atoms with Gasteiger partial charge in [-0.05, 0) is 45.8 Å². The molecule has 100 valence electrons. The standard InChI is InChI=1S/C14H28N2O/c1-15-9-5-10-16(14(12-15)8-11-17)13-6-3-2-4-7-13/h13-14,17H,2-12H2,1H3. The molecule has 2 fully saturated rings. The molecule has 0 radical (unpaired) electrons. The van der Waals surface area contributed by atoms with Crippen molar-refractivity contribution in [3.05, 3.63) is 0 Å². The van der Waals surface area contributed by atoms with Crippen LogP contribution in [0.15, 0.2) is 0 Å². The van der Waals surface area contributed by atoms with Crippen molar-refractivity contribution < 1.29 is 5.11 Å². The molecular weight excluding hydrogens is 212 g/mol. The summed E-state index contributed by atoms with van der Waals surface area (Å²) in [6.07, 6.45) is 9.23. The summed E-state index contributed by atoms with van der Waals surface area (Å²) in [5.74, 6) is 0. The van der Waals surface area contributed by atoms with Gasteiger partial charge in [0, 0.05) is 25.2 Å². The molecule has 1 unspecified atom stereocenters. The van der Waals surface area contributed by atoms with E-state index in [0.717, 1.165) is 19.0 Å². The zero-order valence-corrected chi connectivity index (χ0v) is 11.3. The molecule has 0 aromatic heterocycles. The second-order valence-electron chi connectivity index (χ2n) is 5.81. The summed E-state index contributed by atoms with van der Waals surface area (Å²) in [6, 6.07) is 1.38. The quantitative estimate of drug-likeness (QED) is 0.813. The van der Waals surface area contributed by atoms with Crippen molar-refractivity contribution in [3.8, 4) is 0 Å². The smallest absolute Gasteiger partial charge is 0.0446 e. The summed E-state index contributed by atoms with van der Waals surface area (Å²) < 4.78 is 0. The Hall–Kier alpha value is -0.120. The van der Waals surface area contributed by atoms with Crippen LogP contribution >= 0.6 is 0 Å². The average Bonchev–Trinajstić information content (AvgIpc) is 2.52. The first-order chi connectivity index (χ1) is 8.31. The first-order valence-electron chi connectivity index (χ1n) is 7.36. The molecule has 2 rings (SSSR count). The zero-order chi connectivity index (χ0) is 12.1. The van der Waals surface area contributed by atoms with Gasteiger partial charge >= 0.3 is 0 Å². The van der Waals surface area contributed by atoms with Crippen LogP contribution in [0.1, 0.15) is 44.9 Å². The fourth-order valence-corrected chi connectivity index (χ4v) is 3.56. The van der Waals surface area contributed by atoms with E-state index in [9.17, 15) is 5.11 Å². The normalized spacial score (nSPS) is 30.4. The SMILES string of the molecule is CN1CCCN(C2CCCCC2)C(CCO)C1. The second-order valence-corrected chi connectivity index (χ2v) is 5.81. The molecule has 1 N–H and O–H groups in total. The molecule has 0 aromatic rings. The van der Waals surface area contributed by atoms with Crippen LogP contribution in [0.4, 0.5) is 0 Å². The molecular formula is C14H28N2O. The van der Waals surface area contributed by atoms with Crippen molar-refractivity contribution in [3.63, 3.8) is 0 Å². The minimum atomic E-state index is 0.335. The van der Waals surface area contributed by atoms with E-state index in [1.807, 2.05) is 0 Å². The Kier molecular flexibility index (Phi) is 5.26. The van der Waals surface area contributed by atoms with Gasteiger partial charge in [-0.3, -0.25) is 4.90 Å². The first kappa shape index (κ1) is 13.3. The molecule has 1 atom stereocenters. The summed E-state index contributed by atoms with van der Waals surface area (Å²) in [5, 5.41) is 9.27. The van der Waals surface area contributed by atoms with Crippen molar-refractivity contribution >= 4 is 0 Å². The van der Waals surface area contributed by atoms with Crippen LogP contribution < -0.4 is 0 Å². The number of likely N-dealkylation sites (N-methyl/N-ethyl adjacent to an activating group) is 1. The van der Waals surface area contributed by atoms with Crippen molar-refractivity contribution in [2.45, 2.75) is 57.0 Å². The van der Waals surface area contributed by atoms with Crippen LogP contribution in [0, 0.1) is 0 Å². The summed E-state index contributed by atoms with van der Waals surface area (Å²) >= 11 is 0. The molecule has 1 saturated carbocycles. The molecule has 1 heterocycles. The van der Waals surface area contributed by atoms with Gasteiger partial charge < -0.3 is 10.0 Å². The topological polar surface area (TPSA) is 26.7 Å². The van der Waals surface area contributed by atoms with Gasteiger partial charge in [0.1, 0.15) is 0 Å². The molecule has 3 heteroatoms. The number of rotatable bonds is 3. The Balaban J connectivity index is 1.98. The predicted octanol–water partition coefficient (Wildman–Crippen LogP) is 1.71. The van der Waals surface area contributed by atoms with Crippen molar-refractivity contribution in [2.75, 3.05) is 33.3 Å². The average molecular weight is 240 g/mol. The Bertz CT molecular complexity index is 216. The van der Waals surface area contributed by atoms with E-state index in [-0.39, 0.29) is 0 Å². The van der Waals surface area contributed by atoms with E-state index >= 15 is 0 Å². The number of hydrogen-bond donors (Lipinski definition) is 1. The van der Waals surface area contributed by atoms with Crippen molar-refractivity contribution in [1.82, 2.24) is 9.80 Å². The highest BCUT2D eigenvalue weighted by molar-refractivity contribution is 4.85. The largest absolute Gasteiger partial charge is 0.396 e. The van der Waals surface area contributed by atoms with Gasteiger partial charge in [-0.25, -0.2) is 0 Å².